The number of fused-ring (bicyclic) bond motifs is 1. The normalized spacial score (nSPS) is 22.6. The van der Waals surface area contributed by atoms with E-state index in [0.29, 0.717) is 36.2 Å². The van der Waals surface area contributed by atoms with Crippen molar-refractivity contribution >= 4 is 6.09 Å². The molecular formula is C28H33N3O4. The summed E-state index contributed by atoms with van der Waals surface area (Å²) in [5.74, 6) is 2.08. The third kappa shape index (κ3) is 5.88. The van der Waals surface area contributed by atoms with E-state index in [1.165, 1.54) is 18.4 Å². The van der Waals surface area contributed by atoms with Crippen molar-refractivity contribution in [3.8, 4) is 17.6 Å². The number of piperidine rings is 1. The molecule has 5 rings (SSSR count). The maximum Gasteiger partial charge on any atom is 0.410 e. The molecule has 2 atom stereocenters. The van der Waals surface area contributed by atoms with Crippen molar-refractivity contribution in [3.63, 3.8) is 0 Å². The average molecular weight is 476 g/mol. The van der Waals surface area contributed by atoms with E-state index in [1.54, 1.807) is 18.2 Å². The van der Waals surface area contributed by atoms with Crippen LogP contribution in [-0.4, -0.2) is 67.4 Å². The molecular weight excluding hydrogens is 442 g/mol. The van der Waals surface area contributed by atoms with Gasteiger partial charge >= 0.3 is 6.09 Å². The van der Waals surface area contributed by atoms with E-state index < -0.39 is 0 Å². The highest BCUT2D eigenvalue weighted by molar-refractivity contribution is 5.70. The van der Waals surface area contributed by atoms with Gasteiger partial charge in [0.05, 0.1) is 17.7 Å². The summed E-state index contributed by atoms with van der Waals surface area (Å²) in [5, 5.41) is 9.12. The third-order valence-corrected chi connectivity index (χ3v) is 7.36. The first-order chi connectivity index (χ1) is 17.2. The first kappa shape index (κ1) is 23.5. The minimum absolute atomic E-state index is 0.0179. The molecule has 1 unspecified atom stereocenters. The summed E-state index contributed by atoms with van der Waals surface area (Å²) in [4.78, 5) is 16.6. The fourth-order valence-corrected chi connectivity index (χ4v) is 5.39. The lowest BCUT2D eigenvalue weighted by Crippen LogP contribution is -2.44. The Kier molecular flexibility index (Phi) is 7.39. The number of carbonyl (C=O) groups excluding carboxylic acids is 1. The molecule has 2 aromatic rings. The number of nitriles is 1. The molecule has 7 nitrogen and oxygen atoms in total. The van der Waals surface area contributed by atoms with E-state index in [-0.39, 0.29) is 18.2 Å². The quantitative estimate of drug-likeness (QED) is 0.568. The van der Waals surface area contributed by atoms with Gasteiger partial charge in [-0.2, -0.15) is 5.26 Å². The van der Waals surface area contributed by atoms with Crippen LogP contribution in [0.2, 0.25) is 0 Å². The molecule has 0 saturated carbocycles. The number of likely N-dealkylation sites (tertiary alicyclic amines) is 1. The highest BCUT2D eigenvalue weighted by Crippen LogP contribution is 2.33. The molecule has 184 valence electrons. The van der Waals surface area contributed by atoms with Crippen molar-refractivity contribution in [1.29, 1.82) is 5.26 Å². The Bertz CT molecular complexity index is 1050. The maximum absolute atomic E-state index is 12.3. The molecule has 0 aromatic heterocycles. The zero-order chi connectivity index (χ0) is 24.0. The summed E-state index contributed by atoms with van der Waals surface area (Å²) in [6.07, 6.45) is 5.15. The summed E-state index contributed by atoms with van der Waals surface area (Å²) in [7, 11) is 0. The average Bonchev–Trinajstić information content (AvgIpc) is 3.24. The van der Waals surface area contributed by atoms with Gasteiger partial charge in [-0.1, -0.05) is 30.3 Å². The van der Waals surface area contributed by atoms with Crippen LogP contribution in [0.4, 0.5) is 4.79 Å². The predicted octanol–water partition coefficient (Wildman–Crippen LogP) is 4.25. The van der Waals surface area contributed by atoms with Crippen molar-refractivity contribution in [3.05, 3.63) is 59.7 Å². The minimum atomic E-state index is -0.168. The molecule has 0 N–H and O–H groups in total. The Morgan fingerprint density at radius 3 is 2.63 bits per heavy atom. The Balaban J connectivity index is 1.03. The van der Waals surface area contributed by atoms with Crippen LogP contribution in [0.1, 0.15) is 36.8 Å². The first-order valence-electron chi connectivity index (χ1n) is 12.7. The molecule has 35 heavy (non-hydrogen) atoms. The lowest BCUT2D eigenvalue weighted by molar-refractivity contribution is 0.0469. The summed E-state index contributed by atoms with van der Waals surface area (Å²) >= 11 is 0. The maximum atomic E-state index is 12.3. The molecule has 3 heterocycles. The minimum Gasteiger partial charge on any atom is -0.486 e. The van der Waals surface area contributed by atoms with Gasteiger partial charge in [0, 0.05) is 19.2 Å². The third-order valence-electron chi connectivity index (χ3n) is 7.36. The van der Waals surface area contributed by atoms with Crippen molar-refractivity contribution < 1.29 is 19.0 Å². The zero-order valence-electron chi connectivity index (χ0n) is 20.1. The van der Waals surface area contributed by atoms with Crippen LogP contribution in [0.25, 0.3) is 0 Å². The van der Waals surface area contributed by atoms with E-state index in [1.807, 2.05) is 23.1 Å². The number of amides is 1. The van der Waals surface area contributed by atoms with Crippen molar-refractivity contribution in [2.45, 2.75) is 44.2 Å². The second kappa shape index (κ2) is 11.0. The molecule has 3 aliphatic heterocycles. The van der Waals surface area contributed by atoms with Gasteiger partial charge in [0.15, 0.2) is 11.5 Å². The molecule has 2 fully saturated rings. The number of nitrogens with zero attached hydrogens (tertiary/aromatic N) is 3. The second-order valence-electron chi connectivity index (χ2n) is 9.82. The van der Waals surface area contributed by atoms with Crippen molar-refractivity contribution in [2.75, 3.05) is 39.4 Å². The second-order valence-corrected chi connectivity index (χ2v) is 9.82. The zero-order valence-corrected chi connectivity index (χ0v) is 20.1. The van der Waals surface area contributed by atoms with E-state index in [4.69, 9.17) is 19.5 Å². The number of ether oxygens (including phenoxy) is 3. The summed E-state index contributed by atoms with van der Waals surface area (Å²) in [6, 6.07) is 17.9. The Morgan fingerprint density at radius 2 is 1.83 bits per heavy atom. The van der Waals surface area contributed by atoms with Crippen molar-refractivity contribution in [1.82, 2.24) is 9.80 Å². The lowest BCUT2D eigenvalue weighted by Gasteiger charge is -2.36. The molecule has 0 aliphatic carbocycles. The van der Waals surface area contributed by atoms with Crippen LogP contribution in [0.15, 0.2) is 48.5 Å². The lowest BCUT2D eigenvalue weighted by atomic mass is 9.92. The van der Waals surface area contributed by atoms with Crippen molar-refractivity contribution in [2.24, 2.45) is 5.92 Å². The molecule has 0 bridgehead atoms. The highest BCUT2D eigenvalue weighted by Gasteiger charge is 2.33. The number of rotatable bonds is 8. The van der Waals surface area contributed by atoms with Gasteiger partial charge in [0.2, 0.25) is 0 Å². The molecule has 0 radical (unpaired) electrons. The fraction of sp³-hybridized carbons (Fsp3) is 0.500. The molecule has 7 heteroatoms. The van der Waals surface area contributed by atoms with Crippen LogP contribution in [0.5, 0.6) is 11.5 Å². The van der Waals surface area contributed by atoms with E-state index in [9.17, 15) is 4.79 Å². The Morgan fingerprint density at radius 1 is 1.00 bits per heavy atom. The number of cyclic esters (lactones) is 1. The molecule has 0 spiro atoms. The smallest absolute Gasteiger partial charge is 0.410 e. The van der Waals surface area contributed by atoms with E-state index >= 15 is 0 Å². The Hall–Kier alpha value is -3.24. The van der Waals surface area contributed by atoms with Crippen LogP contribution in [-0.2, 0) is 11.2 Å². The van der Waals surface area contributed by atoms with Crippen LogP contribution >= 0.6 is 0 Å². The fourth-order valence-electron chi connectivity index (χ4n) is 5.39. The van der Waals surface area contributed by atoms with E-state index in [2.05, 4.69) is 23.1 Å². The predicted molar refractivity (Wildman–Crippen MR) is 131 cm³/mol. The van der Waals surface area contributed by atoms with Gasteiger partial charge in [0.1, 0.15) is 19.3 Å². The summed E-state index contributed by atoms with van der Waals surface area (Å²) in [5.41, 5.74) is 1.83. The van der Waals surface area contributed by atoms with Gasteiger partial charge in [-0.3, -0.25) is 4.90 Å². The Labute approximate surface area is 207 Å². The monoisotopic (exact) mass is 475 g/mol. The van der Waals surface area contributed by atoms with Gasteiger partial charge in [-0.05, 0) is 68.8 Å². The van der Waals surface area contributed by atoms with Gasteiger partial charge < -0.3 is 19.1 Å². The largest absolute Gasteiger partial charge is 0.486 e. The molecule has 2 saturated heterocycles. The highest BCUT2D eigenvalue weighted by atomic mass is 16.6. The number of benzene rings is 2. The summed E-state index contributed by atoms with van der Waals surface area (Å²) in [6.45, 7) is 4.74. The first-order valence-corrected chi connectivity index (χ1v) is 12.7. The number of carbonyl (C=O) groups is 1. The van der Waals surface area contributed by atoms with Crippen LogP contribution in [0.3, 0.4) is 0 Å². The van der Waals surface area contributed by atoms with E-state index in [0.717, 1.165) is 45.4 Å². The molecule has 3 aliphatic rings. The summed E-state index contributed by atoms with van der Waals surface area (Å²) < 4.78 is 17.3. The van der Waals surface area contributed by atoms with Gasteiger partial charge in [-0.15, -0.1) is 0 Å². The van der Waals surface area contributed by atoms with Crippen LogP contribution < -0.4 is 9.47 Å². The van der Waals surface area contributed by atoms with Gasteiger partial charge in [-0.25, -0.2) is 4.79 Å². The molecule has 1 amide bonds. The molecule has 2 aromatic carbocycles. The topological polar surface area (TPSA) is 75.0 Å². The number of hydrogen-bond acceptors (Lipinski definition) is 6. The SMILES string of the molecule is N#Cc1ccc2c(c1)O[C@@H](CN1CCC(CCCN3C(=O)OCC3Cc3ccccc3)CC1)CO2. The standard InChI is InChI=1S/C28H33N3O4/c29-17-23-8-9-26-27(16-23)35-25(20-33-26)18-30-13-10-21(11-14-30)7-4-12-31-24(19-34-28(31)32)15-22-5-2-1-3-6-22/h1-3,5-6,8-9,16,21,24-25H,4,7,10-15,18-20H2/t24?,25-/m0/s1. The number of hydrogen-bond donors (Lipinski definition) is 0. The van der Waals surface area contributed by atoms with Crippen LogP contribution in [0, 0.1) is 17.2 Å². The van der Waals surface area contributed by atoms with Gasteiger partial charge in [0.25, 0.3) is 0 Å².